The van der Waals surface area contributed by atoms with Crippen LogP contribution in [0.5, 0.6) is 0 Å². The number of hydrogen-bond donors (Lipinski definition) is 2. The van der Waals surface area contributed by atoms with Gasteiger partial charge in [0.05, 0.1) is 17.6 Å². The fourth-order valence-corrected chi connectivity index (χ4v) is 8.82. The summed E-state index contributed by atoms with van der Waals surface area (Å²) in [6.45, 7) is 2.78. The third kappa shape index (κ3) is 4.82. The molecule has 0 spiro atoms. The van der Waals surface area contributed by atoms with E-state index in [9.17, 15) is 14.0 Å². The predicted molar refractivity (Wildman–Crippen MR) is 152 cm³/mol. The Hall–Kier alpha value is -3.00. The second-order valence-electron chi connectivity index (χ2n) is 12.5. The van der Waals surface area contributed by atoms with Gasteiger partial charge in [0.25, 0.3) is 5.91 Å². The Morgan fingerprint density at radius 1 is 1.15 bits per heavy atom. The number of carbonyl (C=O) groups excluding carboxylic acids is 1. The maximum atomic E-state index is 14.4. The molecular formula is C33H41FN2O5. The molecule has 6 rings (SSSR count). The van der Waals surface area contributed by atoms with E-state index in [2.05, 4.69) is 12.2 Å². The first kappa shape index (κ1) is 28.1. The SMILES string of the molecule is CCC12C3CCC(O3)C1(c1nc(C(=O)NCCCCC3CCCCC3)co1)C2Cc1cc(F)ccc1C=CC(=O)O. The van der Waals surface area contributed by atoms with Crippen molar-refractivity contribution in [3.8, 4) is 0 Å². The maximum absolute atomic E-state index is 14.4. The molecule has 1 amide bonds. The molecular weight excluding hydrogens is 523 g/mol. The number of amides is 1. The minimum atomic E-state index is -1.05. The second kappa shape index (κ2) is 11.3. The average molecular weight is 565 g/mol. The minimum Gasteiger partial charge on any atom is -0.478 e. The molecule has 2 N–H and O–H groups in total. The van der Waals surface area contributed by atoms with Crippen LogP contribution in [0.2, 0.25) is 0 Å². The number of aliphatic carboxylic acids is 1. The van der Waals surface area contributed by atoms with Crippen LogP contribution in [-0.4, -0.2) is 40.7 Å². The Balaban J connectivity index is 1.17. The summed E-state index contributed by atoms with van der Waals surface area (Å²) >= 11 is 0. The number of fused-ring (bicyclic) bond motifs is 5. The number of benzene rings is 1. The van der Waals surface area contributed by atoms with E-state index >= 15 is 0 Å². The summed E-state index contributed by atoms with van der Waals surface area (Å²) < 4.78 is 26.9. The van der Waals surface area contributed by atoms with Crippen molar-refractivity contribution in [1.29, 1.82) is 0 Å². The molecule has 2 bridgehead atoms. The van der Waals surface area contributed by atoms with Crippen molar-refractivity contribution in [3.63, 3.8) is 0 Å². The van der Waals surface area contributed by atoms with Crippen LogP contribution >= 0.6 is 0 Å². The molecule has 41 heavy (non-hydrogen) atoms. The molecule has 2 saturated heterocycles. The lowest BCUT2D eigenvalue weighted by atomic mass is 9.78. The quantitative estimate of drug-likeness (QED) is 0.227. The first-order valence-corrected chi connectivity index (χ1v) is 15.5. The topological polar surface area (TPSA) is 102 Å². The standard InChI is InChI=1S/C33H41FN2O5/c1-2-32-26(19-23-18-24(34)13-11-22(23)12-16-29(37)38)33(32,28-15-14-27(32)41-28)31-36-25(20-40-31)30(39)35-17-7-6-10-21-8-4-3-5-9-21/h11-13,16,18,20-21,26-28H,2-10,14-15,17,19H2,1H3,(H,35,39)(H,37,38). The number of ether oxygens (including phenoxy) is 1. The molecule has 2 aliphatic heterocycles. The molecule has 2 aromatic rings. The zero-order chi connectivity index (χ0) is 28.6. The highest BCUT2D eigenvalue weighted by atomic mass is 19.1. The fourth-order valence-electron chi connectivity index (χ4n) is 8.82. The van der Waals surface area contributed by atoms with Crippen LogP contribution in [0.4, 0.5) is 4.39 Å². The number of aromatic nitrogens is 1. The highest BCUT2D eigenvalue weighted by molar-refractivity contribution is 5.92. The molecule has 5 unspecified atom stereocenters. The van der Waals surface area contributed by atoms with Gasteiger partial charge in [-0.3, -0.25) is 4.79 Å². The smallest absolute Gasteiger partial charge is 0.328 e. The molecule has 7 nitrogen and oxygen atoms in total. The van der Waals surface area contributed by atoms with Crippen molar-refractivity contribution in [2.45, 2.75) is 102 Å². The third-order valence-corrected chi connectivity index (χ3v) is 10.6. The van der Waals surface area contributed by atoms with E-state index in [4.69, 9.17) is 19.2 Å². The summed E-state index contributed by atoms with van der Waals surface area (Å²) in [5, 5.41) is 12.2. The van der Waals surface area contributed by atoms with Crippen LogP contribution in [0.1, 0.15) is 105 Å². The van der Waals surface area contributed by atoms with Crippen LogP contribution in [0.15, 0.2) is 35.0 Å². The van der Waals surface area contributed by atoms with Gasteiger partial charge in [0.1, 0.15) is 12.1 Å². The van der Waals surface area contributed by atoms with Crippen molar-refractivity contribution >= 4 is 18.0 Å². The van der Waals surface area contributed by atoms with Gasteiger partial charge in [0.15, 0.2) is 5.69 Å². The number of carboxylic acids is 1. The summed E-state index contributed by atoms with van der Waals surface area (Å²) in [6, 6.07) is 4.48. The molecule has 8 heteroatoms. The van der Waals surface area contributed by atoms with E-state index in [0.717, 1.165) is 49.7 Å². The fraction of sp³-hybridized carbons (Fsp3) is 0.606. The summed E-state index contributed by atoms with van der Waals surface area (Å²) in [5.74, 6) is -0.152. The number of halogens is 1. The number of carboxylic acid groups (broad SMARTS) is 1. The molecule has 1 aromatic carbocycles. The van der Waals surface area contributed by atoms with Gasteiger partial charge in [-0.25, -0.2) is 14.2 Å². The minimum absolute atomic E-state index is 0.0578. The molecule has 3 heterocycles. The number of rotatable bonds is 12. The van der Waals surface area contributed by atoms with Crippen LogP contribution in [-0.2, 0) is 21.4 Å². The predicted octanol–water partition coefficient (Wildman–Crippen LogP) is 6.46. The average Bonchev–Trinajstić information content (AvgIpc) is 3.45. The Morgan fingerprint density at radius 2 is 1.95 bits per heavy atom. The highest BCUT2D eigenvalue weighted by Crippen LogP contribution is 2.83. The van der Waals surface area contributed by atoms with Gasteiger partial charge in [-0.2, -0.15) is 0 Å². The lowest BCUT2D eigenvalue weighted by Crippen LogP contribution is -2.31. The normalized spacial score (nSPS) is 30.5. The summed E-state index contributed by atoms with van der Waals surface area (Å²) in [7, 11) is 0. The van der Waals surface area contributed by atoms with E-state index in [-0.39, 0.29) is 41.0 Å². The number of unbranched alkanes of at least 4 members (excludes halogenated alkanes) is 1. The third-order valence-electron chi connectivity index (χ3n) is 10.6. The van der Waals surface area contributed by atoms with Crippen LogP contribution < -0.4 is 5.32 Å². The Morgan fingerprint density at radius 3 is 2.73 bits per heavy atom. The zero-order valence-corrected chi connectivity index (χ0v) is 23.9. The van der Waals surface area contributed by atoms with Gasteiger partial charge in [-0.15, -0.1) is 0 Å². The monoisotopic (exact) mass is 564 g/mol. The van der Waals surface area contributed by atoms with Gasteiger partial charge >= 0.3 is 5.97 Å². The number of carbonyl (C=O) groups is 2. The van der Waals surface area contributed by atoms with Crippen molar-refractivity contribution in [2.24, 2.45) is 17.3 Å². The number of hydrogen-bond acceptors (Lipinski definition) is 5. The van der Waals surface area contributed by atoms with Crippen molar-refractivity contribution in [2.75, 3.05) is 6.54 Å². The Bertz CT molecular complexity index is 1320. The highest BCUT2D eigenvalue weighted by Gasteiger charge is 2.89. The number of nitrogens with zero attached hydrogens (tertiary/aromatic N) is 1. The molecule has 4 fully saturated rings. The number of oxazole rings is 1. The lowest BCUT2D eigenvalue weighted by Gasteiger charge is -2.23. The second-order valence-corrected chi connectivity index (χ2v) is 12.5. The van der Waals surface area contributed by atoms with Gasteiger partial charge in [0.2, 0.25) is 5.89 Å². The maximum Gasteiger partial charge on any atom is 0.328 e. The van der Waals surface area contributed by atoms with Crippen molar-refractivity contribution < 1.29 is 28.2 Å². The Kier molecular flexibility index (Phi) is 7.79. The molecule has 0 radical (unpaired) electrons. The van der Waals surface area contributed by atoms with E-state index in [1.54, 1.807) is 6.07 Å². The van der Waals surface area contributed by atoms with Gasteiger partial charge < -0.3 is 19.6 Å². The molecule has 5 atom stereocenters. The van der Waals surface area contributed by atoms with E-state index in [1.165, 1.54) is 63.0 Å². The van der Waals surface area contributed by atoms with Gasteiger partial charge in [-0.1, -0.05) is 57.9 Å². The van der Waals surface area contributed by atoms with Crippen LogP contribution in [0.3, 0.4) is 0 Å². The molecule has 2 saturated carbocycles. The summed E-state index contributed by atoms with van der Waals surface area (Å²) in [5.41, 5.74) is 1.03. The zero-order valence-electron chi connectivity index (χ0n) is 23.9. The lowest BCUT2D eigenvalue weighted by molar-refractivity contribution is -0.131. The van der Waals surface area contributed by atoms with Gasteiger partial charge in [0, 0.05) is 18.0 Å². The first-order valence-electron chi connectivity index (χ1n) is 15.5. The molecule has 2 aliphatic carbocycles. The van der Waals surface area contributed by atoms with E-state index in [1.807, 2.05) is 0 Å². The summed E-state index contributed by atoms with van der Waals surface area (Å²) in [6.07, 6.45) is 17.4. The first-order chi connectivity index (χ1) is 19.9. The van der Waals surface area contributed by atoms with Crippen molar-refractivity contribution in [1.82, 2.24) is 10.3 Å². The van der Waals surface area contributed by atoms with Crippen LogP contribution in [0.25, 0.3) is 6.08 Å². The van der Waals surface area contributed by atoms with E-state index in [0.29, 0.717) is 24.4 Å². The number of nitrogens with one attached hydrogen (secondary N) is 1. The van der Waals surface area contributed by atoms with Gasteiger partial charge in [-0.05, 0) is 73.3 Å². The van der Waals surface area contributed by atoms with Crippen LogP contribution in [0, 0.1) is 23.1 Å². The summed E-state index contributed by atoms with van der Waals surface area (Å²) in [4.78, 5) is 28.9. The van der Waals surface area contributed by atoms with Crippen molar-refractivity contribution in [3.05, 3.63) is 59.1 Å². The Labute approximate surface area is 240 Å². The van der Waals surface area contributed by atoms with E-state index < -0.39 is 11.4 Å². The molecule has 220 valence electrons. The largest absolute Gasteiger partial charge is 0.478 e. The molecule has 1 aromatic heterocycles. The molecule has 4 aliphatic rings.